The largest absolute Gasteiger partial charge is 0.497 e. The third-order valence-corrected chi connectivity index (χ3v) is 2.77. The van der Waals surface area contributed by atoms with Gasteiger partial charge in [0.25, 0.3) is 0 Å². The summed E-state index contributed by atoms with van der Waals surface area (Å²) in [6.07, 6.45) is 0. The van der Waals surface area contributed by atoms with E-state index in [1.807, 2.05) is 0 Å². The van der Waals surface area contributed by atoms with Crippen LogP contribution in [0.4, 0.5) is 0 Å². The molecule has 2 rings (SSSR count). The topological polar surface area (TPSA) is 62.3 Å². The van der Waals surface area contributed by atoms with Crippen molar-refractivity contribution in [3.05, 3.63) is 28.4 Å². The van der Waals surface area contributed by atoms with Gasteiger partial charge in [0.05, 0.1) is 17.3 Å². The highest BCUT2D eigenvalue weighted by Gasteiger charge is 2.16. The number of carboxylic acid groups (broad SMARTS) is 1. The summed E-state index contributed by atoms with van der Waals surface area (Å²) in [6.45, 7) is 0. The Hall–Kier alpha value is -1.49. The van der Waals surface area contributed by atoms with Crippen molar-refractivity contribution in [1.82, 2.24) is 4.98 Å². The Morgan fingerprint density at radius 3 is 2.87 bits per heavy atom. The smallest absolute Gasteiger partial charge is 0.339 e. The number of hydrogen-bond donors (Lipinski definition) is 2. The van der Waals surface area contributed by atoms with Crippen molar-refractivity contribution < 1.29 is 14.6 Å². The molecular formula is C10H8BrNO3. The Morgan fingerprint density at radius 2 is 2.27 bits per heavy atom. The molecule has 0 aliphatic heterocycles. The molecular weight excluding hydrogens is 262 g/mol. The number of aromatic carboxylic acids is 1. The number of aromatic amines is 1. The van der Waals surface area contributed by atoms with Gasteiger partial charge in [-0.15, -0.1) is 0 Å². The van der Waals surface area contributed by atoms with Crippen LogP contribution in [0.15, 0.2) is 22.8 Å². The predicted molar refractivity (Wildman–Crippen MR) is 59.5 cm³/mol. The Labute approximate surface area is 94.0 Å². The number of halogens is 1. The molecule has 0 atom stereocenters. The molecule has 5 heteroatoms. The van der Waals surface area contributed by atoms with Gasteiger partial charge in [0, 0.05) is 10.9 Å². The molecule has 1 aromatic carbocycles. The number of nitrogens with one attached hydrogen (secondary N) is 1. The highest BCUT2D eigenvalue weighted by atomic mass is 79.9. The average molecular weight is 270 g/mol. The van der Waals surface area contributed by atoms with Crippen molar-refractivity contribution in [2.24, 2.45) is 0 Å². The number of aromatic nitrogens is 1. The first-order valence-electron chi connectivity index (χ1n) is 4.22. The predicted octanol–water partition coefficient (Wildman–Crippen LogP) is 2.64. The molecule has 15 heavy (non-hydrogen) atoms. The van der Waals surface area contributed by atoms with Crippen LogP contribution in [0.1, 0.15) is 10.4 Å². The van der Waals surface area contributed by atoms with Gasteiger partial charge in [-0.2, -0.15) is 0 Å². The number of ether oxygens (including phenoxy) is 1. The summed E-state index contributed by atoms with van der Waals surface area (Å²) in [5.74, 6) is -0.335. The molecule has 0 bridgehead atoms. The zero-order valence-corrected chi connectivity index (χ0v) is 9.46. The van der Waals surface area contributed by atoms with Gasteiger partial charge in [0.1, 0.15) is 5.75 Å². The summed E-state index contributed by atoms with van der Waals surface area (Å²) >= 11 is 3.18. The lowest BCUT2D eigenvalue weighted by molar-refractivity contribution is 0.0698. The van der Waals surface area contributed by atoms with E-state index in [0.717, 1.165) is 5.52 Å². The first kappa shape index (κ1) is 10.0. The van der Waals surface area contributed by atoms with Crippen LogP contribution in [0.5, 0.6) is 5.75 Å². The minimum atomic E-state index is -0.971. The van der Waals surface area contributed by atoms with Gasteiger partial charge in [0.15, 0.2) is 0 Å². The lowest BCUT2D eigenvalue weighted by Crippen LogP contribution is -1.95. The molecule has 2 N–H and O–H groups in total. The molecule has 0 spiro atoms. The Balaban J connectivity index is 2.77. The zero-order valence-electron chi connectivity index (χ0n) is 7.87. The van der Waals surface area contributed by atoms with E-state index in [-0.39, 0.29) is 5.56 Å². The van der Waals surface area contributed by atoms with Crippen LogP contribution >= 0.6 is 15.9 Å². The van der Waals surface area contributed by atoms with Gasteiger partial charge in [-0.25, -0.2) is 4.79 Å². The lowest BCUT2D eigenvalue weighted by atomic mass is 10.2. The second kappa shape index (κ2) is 3.58. The fourth-order valence-electron chi connectivity index (χ4n) is 1.47. The van der Waals surface area contributed by atoms with Crippen LogP contribution < -0.4 is 4.74 Å². The fraction of sp³-hybridized carbons (Fsp3) is 0.100. The van der Waals surface area contributed by atoms with E-state index in [1.165, 1.54) is 0 Å². The summed E-state index contributed by atoms with van der Waals surface area (Å²) in [7, 11) is 1.54. The maximum absolute atomic E-state index is 11.0. The van der Waals surface area contributed by atoms with Gasteiger partial charge in [-0.3, -0.25) is 0 Å². The van der Waals surface area contributed by atoms with Crippen molar-refractivity contribution in [3.63, 3.8) is 0 Å². The maximum atomic E-state index is 11.0. The minimum Gasteiger partial charge on any atom is -0.497 e. The molecule has 0 amide bonds. The quantitative estimate of drug-likeness (QED) is 0.881. The van der Waals surface area contributed by atoms with E-state index in [0.29, 0.717) is 15.7 Å². The molecule has 1 heterocycles. The third kappa shape index (κ3) is 1.59. The van der Waals surface area contributed by atoms with Gasteiger partial charge >= 0.3 is 5.97 Å². The molecule has 0 radical (unpaired) electrons. The number of rotatable bonds is 2. The summed E-state index contributed by atoms with van der Waals surface area (Å²) < 4.78 is 5.51. The molecule has 2 aromatic rings. The molecule has 4 nitrogen and oxygen atoms in total. The van der Waals surface area contributed by atoms with Crippen molar-refractivity contribution >= 4 is 32.8 Å². The number of methoxy groups -OCH3 is 1. The third-order valence-electron chi connectivity index (χ3n) is 2.17. The van der Waals surface area contributed by atoms with E-state index < -0.39 is 5.97 Å². The van der Waals surface area contributed by atoms with E-state index in [2.05, 4.69) is 20.9 Å². The highest BCUT2D eigenvalue weighted by molar-refractivity contribution is 9.10. The summed E-state index contributed by atoms with van der Waals surface area (Å²) in [5, 5.41) is 9.66. The van der Waals surface area contributed by atoms with Crippen LogP contribution in [0.2, 0.25) is 0 Å². The SMILES string of the molecule is COc1ccc2[nH]c(Br)c(C(=O)O)c2c1. The lowest BCUT2D eigenvalue weighted by Gasteiger charge is -1.99. The molecule has 0 saturated heterocycles. The van der Waals surface area contributed by atoms with Gasteiger partial charge < -0.3 is 14.8 Å². The number of benzene rings is 1. The average Bonchev–Trinajstić information content (AvgIpc) is 2.52. The van der Waals surface area contributed by atoms with Crippen LogP contribution in [0, 0.1) is 0 Å². The monoisotopic (exact) mass is 269 g/mol. The zero-order chi connectivity index (χ0) is 11.0. The van der Waals surface area contributed by atoms with Crippen molar-refractivity contribution in [3.8, 4) is 5.75 Å². The van der Waals surface area contributed by atoms with Gasteiger partial charge in [-0.1, -0.05) is 0 Å². The highest BCUT2D eigenvalue weighted by Crippen LogP contribution is 2.29. The first-order valence-corrected chi connectivity index (χ1v) is 5.01. The molecule has 0 fully saturated rings. The van der Waals surface area contributed by atoms with Crippen molar-refractivity contribution in [2.45, 2.75) is 0 Å². The fourth-order valence-corrected chi connectivity index (χ4v) is 2.07. The number of carbonyl (C=O) groups is 1. The normalized spacial score (nSPS) is 10.5. The number of H-pyrrole nitrogens is 1. The summed E-state index contributed by atoms with van der Waals surface area (Å²) in [6, 6.07) is 5.25. The molecule has 78 valence electrons. The van der Waals surface area contributed by atoms with E-state index in [1.54, 1.807) is 25.3 Å². The molecule has 0 aliphatic rings. The molecule has 1 aromatic heterocycles. The first-order chi connectivity index (χ1) is 7.13. The van der Waals surface area contributed by atoms with Crippen LogP contribution in [-0.2, 0) is 0 Å². The maximum Gasteiger partial charge on any atom is 0.339 e. The van der Waals surface area contributed by atoms with Crippen LogP contribution in [0.3, 0.4) is 0 Å². The standard InChI is InChI=1S/C10H8BrNO3/c1-15-5-2-3-7-6(4-5)8(10(13)14)9(11)12-7/h2-4,12H,1H3,(H,13,14). The minimum absolute atomic E-state index is 0.226. The Morgan fingerprint density at radius 1 is 1.53 bits per heavy atom. The number of hydrogen-bond acceptors (Lipinski definition) is 2. The van der Waals surface area contributed by atoms with Crippen molar-refractivity contribution in [2.75, 3.05) is 7.11 Å². The molecule has 0 aliphatic carbocycles. The number of fused-ring (bicyclic) bond motifs is 1. The van der Waals surface area contributed by atoms with E-state index in [9.17, 15) is 4.79 Å². The molecule has 0 saturated carbocycles. The van der Waals surface area contributed by atoms with Crippen LogP contribution in [-0.4, -0.2) is 23.2 Å². The van der Waals surface area contributed by atoms with E-state index >= 15 is 0 Å². The molecule has 0 unspecified atom stereocenters. The van der Waals surface area contributed by atoms with Crippen LogP contribution in [0.25, 0.3) is 10.9 Å². The summed E-state index contributed by atoms with van der Waals surface area (Å²) in [4.78, 5) is 13.9. The second-order valence-corrected chi connectivity index (χ2v) is 3.82. The van der Waals surface area contributed by atoms with Gasteiger partial charge in [-0.05, 0) is 34.1 Å². The Kier molecular flexibility index (Phi) is 2.40. The van der Waals surface area contributed by atoms with Crippen molar-refractivity contribution in [1.29, 1.82) is 0 Å². The number of carboxylic acids is 1. The van der Waals surface area contributed by atoms with Gasteiger partial charge in [0.2, 0.25) is 0 Å². The van der Waals surface area contributed by atoms with E-state index in [4.69, 9.17) is 9.84 Å². The second-order valence-electron chi connectivity index (χ2n) is 3.03. The Bertz CT molecular complexity index is 533. The summed E-state index contributed by atoms with van der Waals surface area (Å²) in [5.41, 5.74) is 0.990.